The second-order valence-corrected chi connectivity index (χ2v) is 5.56. The Morgan fingerprint density at radius 1 is 1.26 bits per heavy atom. The lowest BCUT2D eigenvalue weighted by Gasteiger charge is -2.29. The van der Waals surface area contributed by atoms with Gasteiger partial charge in [-0.25, -0.2) is 4.98 Å². The van der Waals surface area contributed by atoms with E-state index in [0.717, 1.165) is 36.5 Å². The van der Waals surface area contributed by atoms with Crippen LogP contribution in [0, 0.1) is 0 Å². The minimum absolute atomic E-state index is 0.0201. The van der Waals surface area contributed by atoms with Crippen LogP contribution < -0.4 is 4.90 Å². The molecule has 108 valence electrons. The summed E-state index contributed by atoms with van der Waals surface area (Å²) >= 11 is 0. The molecule has 0 radical (unpaired) electrons. The van der Waals surface area contributed by atoms with Gasteiger partial charge in [-0.05, 0) is 44.9 Å². The number of aliphatic hydroxyl groups excluding tert-OH is 1. The van der Waals surface area contributed by atoms with Gasteiger partial charge in [0.25, 0.3) is 0 Å². The van der Waals surface area contributed by atoms with Gasteiger partial charge in [0, 0.05) is 18.8 Å². The van der Waals surface area contributed by atoms with Gasteiger partial charge in [0.15, 0.2) is 0 Å². The molecule has 0 aliphatic heterocycles. The third kappa shape index (κ3) is 5.17. The first kappa shape index (κ1) is 15.9. The van der Waals surface area contributed by atoms with Crippen molar-refractivity contribution < 1.29 is 10.2 Å². The SMILES string of the molecule is CCCc1cc(CO)cc(N(CC)CC(C)(C)O)n1. The Morgan fingerprint density at radius 3 is 2.42 bits per heavy atom. The number of rotatable bonds is 7. The van der Waals surface area contributed by atoms with E-state index in [9.17, 15) is 10.2 Å². The van der Waals surface area contributed by atoms with Gasteiger partial charge >= 0.3 is 0 Å². The van der Waals surface area contributed by atoms with Gasteiger partial charge in [-0.2, -0.15) is 0 Å². The maximum atomic E-state index is 9.96. The summed E-state index contributed by atoms with van der Waals surface area (Å²) in [6.07, 6.45) is 1.93. The number of anilines is 1. The molecule has 0 bridgehead atoms. The molecule has 1 aromatic heterocycles. The zero-order valence-corrected chi connectivity index (χ0v) is 12.5. The molecule has 1 aromatic rings. The second-order valence-electron chi connectivity index (χ2n) is 5.56. The smallest absolute Gasteiger partial charge is 0.129 e. The summed E-state index contributed by atoms with van der Waals surface area (Å²) in [5, 5.41) is 19.3. The van der Waals surface area contributed by atoms with Crippen molar-refractivity contribution in [1.82, 2.24) is 4.98 Å². The monoisotopic (exact) mass is 266 g/mol. The Balaban J connectivity index is 3.04. The van der Waals surface area contributed by atoms with Crippen molar-refractivity contribution in [2.24, 2.45) is 0 Å². The van der Waals surface area contributed by atoms with Crippen molar-refractivity contribution in [3.63, 3.8) is 0 Å². The quantitative estimate of drug-likeness (QED) is 0.794. The lowest BCUT2D eigenvalue weighted by molar-refractivity contribution is 0.0874. The Morgan fingerprint density at radius 2 is 1.95 bits per heavy atom. The van der Waals surface area contributed by atoms with Crippen LogP contribution >= 0.6 is 0 Å². The zero-order valence-electron chi connectivity index (χ0n) is 12.5. The first-order valence-electron chi connectivity index (χ1n) is 6.97. The standard InChI is InChI=1S/C15H26N2O2/c1-5-7-13-8-12(10-18)9-14(16-13)17(6-2)11-15(3,4)19/h8-9,18-19H,5-7,10-11H2,1-4H3. The van der Waals surface area contributed by atoms with E-state index >= 15 is 0 Å². The number of aliphatic hydroxyl groups is 2. The van der Waals surface area contributed by atoms with Crippen molar-refractivity contribution in [1.29, 1.82) is 0 Å². The molecule has 0 unspecified atom stereocenters. The molecule has 0 saturated heterocycles. The molecule has 0 amide bonds. The average Bonchev–Trinajstić information content (AvgIpc) is 2.34. The van der Waals surface area contributed by atoms with E-state index in [2.05, 4.69) is 11.9 Å². The van der Waals surface area contributed by atoms with E-state index in [-0.39, 0.29) is 6.61 Å². The third-order valence-corrected chi connectivity index (χ3v) is 2.90. The molecule has 0 fully saturated rings. The number of pyridine rings is 1. The summed E-state index contributed by atoms with van der Waals surface area (Å²) in [4.78, 5) is 6.67. The van der Waals surface area contributed by atoms with Crippen LogP contribution in [-0.4, -0.2) is 33.9 Å². The van der Waals surface area contributed by atoms with E-state index in [0.29, 0.717) is 6.54 Å². The van der Waals surface area contributed by atoms with E-state index in [1.165, 1.54) is 0 Å². The van der Waals surface area contributed by atoms with Gasteiger partial charge in [0.05, 0.1) is 12.2 Å². The summed E-state index contributed by atoms with van der Waals surface area (Å²) in [5.74, 6) is 0.833. The third-order valence-electron chi connectivity index (χ3n) is 2.90. The van der Waals surface area contributed by atoms with Crippen molar-refractivity contribution in [2.75, 3.05) is 18.0 Å². The number of hydrogen-bond acceptors (Lipinski definition) is 4. The summed E-state index contributed by atoms with van der Waals surface area (Å²) in [7, 11) is 0. The van der Waals surface area contributed by atoms with Gasteiger partial charge in [-0.3, -0.25) is 0 Å². The van der Waals surface area contributed by atoms with Crippen LogP contribution in [0.15, 0.2) is 12.1 Å². The Bertz CT molecular complexity index is 400. The molecule has 1 rings (SSSR count). The zero-order chi connectivity index (χ0) is 14.5. The number of aromatic nitrogens is 1. The van der Waals surface area contributed by atoms with Gasteiger partial charge in [-0.1, -0.05) is 13.3 Å². The molecule has 0 aliphatic rings. The highest BCUT2D eigenvalue weighted by atomic mass is 16.3. The average molecular weight is 266 g/mol. The van der Waals surface area contributed by atoms with Crippen molar-refractivity contribution in [3.05, 3.63) is 23.4 Å². The molecule has 0 atom stereocenters. The van der Waals surface area contributed by atoms with Crippen molar-refractivity contribution in [2.45, 2.75) is 52.7 Å². The summed E-state index contributed by atoms with van der Waals surface area (Å²) < 4.78 is 0. The number of hydrogen-bond donors (Lipinski definition) is 2. The predicted octanol–water partition coefficient (Wildman–Crippen LogP) is 2.12. The summed E-state index contributed by atoms with van der Waals surface area (Å²) in [5.41, 5.74) is 1.11. The van der Waals surface area contributed by atoms with Crippen LogP contribution in [0.25, 0.3) is 0 Å². The highest BCUT2D eigenvalue weighted by Crippen LogP contribution is 2.18. The van der Waals surface area contributed by atoms with E-state index in [1.54, 1.807) is 13.8 Å². The highest BCUT2D eigenvalue weighted by Gasteiger charge is 2.19. The molecule has 1 heterocycles. The molecular weight excluding hydrogens is 240 g/mol. The van der Waals surface area contributed by atoms with E-state index in [4.69, 9.17) is 0 Å². The predicted molar refractivity (Wildman–Crippen MR) is 78.3 cm³/mol. The molecular formula is C15H26N2O2. The number of aryl methyl sites for hydroxylation is 1. The normalized spacial score (nSPS) is 11.7. The van der Waals surface area contributed by atoms with Crippen molar-refractivity contribution >= 4 is 5.82 Å². The molecule has 0 spiro atoms. The molecule has 0 saturated carbocycles. The van der Waals surface area contributed by atoms with Crippen molar-refractivity contribution in [3.8, 4) is 0 Å². The maximum Gasteiger partial charge on any atom is 0.129 e. The van der Waals surface area contributed by atoms with Gasteiger partial charge in [0.1, 0.15) is 5.82 Å². The second kappa shape index (κ2) is 6.87. The van der Waals surface area contributed by atoms with Gasteiger partial charge < -0.3 is 15.1 Å². The Hall–Kier alpha value is -1.13. The van der Waals surface area contributed by atoms with Gasteiger partial charge in [-0.15, -0.1) is 0 Å². The fourth-order valence-electron chi connectivity index (χ4n) is 2.09. The number of likely N-dealkylation sites (N-methyl/N-ethyl adjacent to an activating group) is 1. The lowest BCUT2D eigenvalue weighted by Crippen LogP contribution is -2.39. The van der Waals surface area contributed by atoms with Crippen LogP contribution in [0.2, 0.25) is 0 Å². The number of nitrogens with zero attached hydrogens (tertiary/aromatic N) is 2. The largest absolute Gasteiger partial charge is 0.392 e. The molecule has 0 aromatic carbocycles. The Kier molecular flexibility index (Phi) is 5.76. The molecule has 4 heteroatoms. The van der Waals surface area contributed by atoms with Crippen LogP contribution in [0.5, 0.6) is 0 Å². The fraction of sp³-hybridized carbons (Fsp3) is 0.667. The van der Waals surface area contributed by atoms with Crippen LogP contribution in [-0.2, 0) is 13.0 Å². The van der Waals surface area contributed by atoms with Gasteiger partial charge in [0.2, 0.25) is 0 Å². The van der Waals surface area contributed by atoms with Crippen LogP contribution in [0.4, 0.5) is 5.82 Å². The van der Waals surface area contributed by atoms with Crippen LogP contribution in [0.3, 0.4) is 0 Å². The Labute approximate surface area is 116 Å². The lowest BCUT2D eigenvalue weighted by atomic mass is 10.1. The topological polar surface area (TPSA) is 56.6 Å². The maximum absolute atomic E-state index is 9.96. The minimum Gasteiger partial charge on any atom is -0.392 e. The minimum atomic E-state index is -0.766. The molecule has 2 N–H and O–H groups in total. The van der Waals surface area contributed by atoms with E-state index < -0.39 is 5.60 Å². The molecule has 0 aliphatic carbocycles. The molecule has 19 heavy (non-hydrogen) atoms. The molecule has 4 nitrogen and oxygen atoms in total. The summed E-state index contributed by atoms with van der Waals surface area (Å²) in [6.45, 7) is 9.05. The first-order chi connectivity index (χ1) is 8.89. The first-order valence-corrected chi connectivity index (χ1v) is 6.97. The fourth-order valence-corrected chi connectivity index (χ4v) is 2.09. The highest BCUT2D eigenvalue weighted by molar-refractivity contribution is 5.43. The van der Waals surface area contributed by atoms with Crippen LogP contribution in [0.1, 0.15) is 45.4 Å². The summed E-state index contributed by atoms with van der Waals surface area (Å²) in [6, 6.07) is 3.85. The van der Waals surface area contributed by atoms with E-state index in [1.807, 2.05) is 24.0 Å².